The summed E-state index contributed by atoms with van der Waals surface area (Å²) in [5, 5.41) is 14.4. The molecule has 3 aliphatic rings. The molecule has 1 N–H and O–H groups in total. The van der Waals surface area contributed by atoms with E-state index in [0.717, 1.165) is 18.9 Å². The molecular formula is C23H33N3O5S. The van der Waals surface area contributed by atoms with Gasteiger partial charge in [0.1, 0.15) is 0 Å². The monoisotopic (exact) mass is 463 g/mol. The summed E-state index contributed by atoms with van der Waals surface area (Å²) in [4.78, 5) is 23.5. The first-order chi connectivity index (χ1) is 14.9. The molecule has 0 aromatic heterocycles. The quantitative estimate of drug-likeness (QED) is 0.530. The number of piperidine rings is 1. The lowest BCUT2D eigenvalue weighted by atomic mass is 9.69. The van der Waals surface area contributed by atoms with E-state index in [1.54, 1.807) is 6.92 Å². The highest BCUT2D eigenvalue weighted by atomic mass is 32.2. The van der Waals surface area contributed by atoms with Gasteiger partial charge in [0.2, 0.25) is 15.9 Å². The van der Waals surface area contributed by atoms with Gasteiger partial charge in [-0.15, -0.1) is 0 Å². The van der Waals surface area contributed by atoms with Crippen molar-refractivity contribution in [1.29, 1.82) is 0 Å². The number of benzene rings is 1. The van der Waals surface area contributed by atoms with Crippen LogP contribution in [0.3, 0.4) is 0 Å². The molecule has 3 atom stereocenters. The first-order valence-electron chi connectivity index (χ1n) is 11.4. The zero-order valence-electron chi connectivity index (χ0n) is 19.3. The van der Waals surface area contributed by atoms with Gasteiger partial charge in [0.05, 0.1) is 9.82 Å². The Morgan fingerprint density at radius 3 is 2.38 bits per heavy atom. The van der Waals surface area contributed by atoms with Gasteiger partial charge in [-0.25, -0.2) is 8.42 Å². The Morgan fingerprint density at radius 2 is 1.84 bits per heavy atom. The largest absolute Gasteiger partial charge is 0.353 e. The molecule has 3 fully saturated rings. The van der Waals surface area contributed by atoms with E-state index in [1.807, 2.05) is 0 Å². The minimum Gasteiger partial charge on any atom is -0.353 e. The van der Waals surface area contributed by atoms with Crippen LogP contribution in [0.25, 0.3) is 0 Å². The molecule has 3 unspecified atom stereocenters. The van der Waals surface area contributed by atoms with Crippen LogP contribution in [-0.4, -0.2) is 42.7 Å². The highest BCUT2D eigenvalue weighted by Crippen LogP contribution is 2.65. The van der Waals surface area contributed by atoms with Crippen LogP contribution in [0, 0.1) is 39.7 Å². The van der Waals surface area contributed by atoms with Crippen LogP contribution in [0.4, 0.5) is 5.69 Å². The fourth-order valence-corrected chi connectivity index (χ4v) is 7.90. The van der Waals surface area contributed by atoms with Gasteiger partial charge < -0.3 is 5.32 Å². The van der Waals surface area contributed by atoms with Crippen LogP contribution in [0.1, 0.15) is 58.4 Å². The van der Waals surface area contributed by atoms with Crippen molar-refractivity contribution in [1.82, 2.24) is 9.62 Å². The van der Waals surface area contributed by atoms with E-state index >= 15 is 0 Å². The number of nitrogens with zero attached hydrogens (tertiary/aromatic N) is 2. The number of amides is 1. The first kappa shape index (κ1) is 23.2. The zero-order chi connectivity index (χ0) is 23.5. The summed E-state index contributed by atoms with van der Waals surface area (Å²) in [5.41, 5.74) is 0.559. The molecule has 32 heavy (non-hydrogen) atoms. The van der Waals surface area contributed by atoms with Gasteiger partial charge in [-0.05, 0) is 61.3 Å². The van der Waals surface area contributed by atoms with E-state index in [2.05, 4.69) is 26.1 Å². The van der Waals surface area contributed by atoms with Gasteiger partial charge in [-0.1, -0.05) is 26.8 Å². The van der Waals surface area contributed by atoms with Crippen LogP contribution in [-0.2, 0) is 14.8 Å². The summed E-state index contributed by atoms with van der Waals surface area (Å²) in [6.45, 7) is 9.03. The summed E-state index contributed by atoms with van der Waals surface area (Å²) in [6, 6.07) is 4.07. The lowest BCUT2D eigenvalue weighted by molar-refractivity contribution is -0.385. The molecule has 1 saturated heterocycles. The summed E-state index contributed by atoms with van der Waals surface area (Å²) in [7, 11) is -3.86. The number of nitro groups is 1. The number of carbonyl (C=O) groups excluding carboxylic acids is 1. The second-order valence-corrected chi connectivity index (χ2v) is 12.5. The Balaban J connectivity index is 1.41. The lowest BCUT2D eigenvalue weighted by Gasteiger charge is -2.40. The minimum absolute atomic E-state index is 0.0307. The van der Waals surface area contributed by atoms with E-state index in [9.17, 15) is 23.3 Å². The molecular weight excluding hydrogens is 430 g/mol. The average molecular weight is 464 g/mol. The molecule has 2 saturated carbocycles. The van der Waals surface area contributed by atoms with Crippen LogP contribution in [0.5, 0.6) is 0 Å². The number of aryl methyl sites for hydroxylation is 1. The minimum atomic E-state index is -3.86. The van der Waals surface area contributed by atoms with Crippen LogP contribution < -0.4 is 5.32 Å². The van der Waals surface area contributed by atoms with Gasteiger partial charge in [-0.2, -0.15) is 4.31 Å². The highest BCUT2D eigenvalue weighted by molar-refractivity contribution is 7.89. The van der Waals surface area contributed by atoms with Crippen molar-refractivity contribution < 1.29 is 18.1 Å². The normalized spacial score (nSPS) is 30.4. The van der Waals surface area contributed by atoms with Gasteiger partial charge in [0.15, 0.2) is 0 Å². The molecule has 176 valence electrons. The van der Waals surface area contributed by atoms with Crippen molar-refractivity contribution in [3.8, 4) is 0 Å². The third-order valence-electron chi connectivity index (χ3n) is 8.94. The summed E-state index contributed by atoms with van der Waals surface area (Å²) >= 11 is 0. The molecule has 0 spiro atoms. The van der Waals surface area contributed by atoms with E-state index in [1.165, 1.54) is 22.9 Å². The second kappa shape index (κ2) is 7.80. The zero-order valence-corrected chi connectivity index (χ0v) is 20.1. The molecule has 1 aliphatic heterocycles. The number of hydrogen-bond acceptors (Lipinski definition) is 5. The number of sulfonamides is 1. The van der Waals surface area contributed by atoms with Crippen molar-refractivity contribution in [3.63, 3.8) is 0 Å². The number of nitro benzene ring substituents is 1. The van der Waals surface area contributed by atoms with E-state index in [-0.39, 0.29) is 52.4 Å². The Hall–Kier alpha value is -2.00. The predicted octanol–water partition coefficient (Wildman–Crippen LogP) is 3.63. The van der Waals surface area contributed by atoms with Crippen molar-refractivity contribution in [3.05, 3.63) is 33.9 Å². The predicted molar refractivity (Wildman–Crippen MR) is 120 cm³/mol. The molecule has 1 aromatic rings. The number of fused-ring (bicyclic) bond motifs is 2. The van der Waals surface area contributed by atoms with E-state index in [0.29, 0.717) is 24.3 Å². The SMILES string of the molecule is Cc1ccc([N+](=O)[O-])cc1S(=O)(=O)N1CCC(C(=O)NC2CC3CCC2(C)C3(C)C)CC1. The van der Waals surface area contributed by atoms with Crippen molar-refractivity contribution in [2.24, 2.45) is 22.7 Å². The van der Waals surface area contributed by atoms with Crippen molar-refractivity contribution >= 4 is 21.6 Å². The summed E-state index contributed by atoms with van der Waals surface area (Å²) in [5.74, 6) is 0.463. The molecule has 1 aromatic carbocycles. The molecule has 2 bridgehead atoms. The van der Waals surface area contributed by atoms with Crippen LogP contribution in [0.15, 0.2) is 23.1 Å². The highest BCUT2D eigenvalue weighted by Gasteiger charge is 2.61. The summed E-state index contributed by atoms with van der Waals surface area (Å²) < 4.78 is 27.6. The Morgan fingerprint density at radius 1 is 1.19 bits per heavy atom. The van der Waals surface area contributed by atoms with Crippen molar-refractivity contribution in [2.45, 2.75) is 70.7 Å². The van der Waals surface area contributed by atoms with Gasteiger partial charge in [-0.3, -0.25) is 14.9 Å². The Bertz CT molecular complexity index is 1050. The standard InChI is InChI=1S/C23H33N3O5S/c1-15-5-6-18(26(28)29)14-19(15)32(30,31)25-11-8-16(9-12-25)21(27)24-20-13-17-7-10-23(20,4)22(17,2)3/h5-6,14,16-17,20H,7-13H2,1-4H3,(H,24,27). The average Bonchev–Trinajstić information content (AvgIpc) is 3.07. The van der Waals surface area contributed by atoms with Gasteiger partial charge >= 0.3 is 0 Å². The maximum absolute atomic E-state index is 13.1. The first-order valence-corrected chi connectivity index (χ1v) is 12.9. The Labute approximate surface area is 190 Å². The second-order valence-electron chi connectivity index (χ2n) is 10.6. The Kier molecular flexibility index (Phi) is 5.65. The third-order valence-corrected chi connectivity index (χ3v) is 11.0. The fraction of sp³-hybridized carbons (Fsp3) is 0.696. The van der Waals surface area contributed by atoms with Crippen LogP contribution in [0.2, 0.25) is 0 Å². The topological polar surface area (TPSA) is 110 Å². The smallest absolute Gasteiger partial charge is 0.270 e. The maximum Gasteiger partial charge on any atom is 0.270 e. The number of rotatable bonds is 5. The molecule has 8 nitrogen and oxygen atoms in total. The number of non-ortho nitro benzene ring substituents is 1. The lowest BCUT2D eigenvalue weighted by Crippen LogP contribution is -2.50. The molecule has 1 heterocycles. The molecule has 0 radical (unpaired) electrons. The van der Waals surface area contributed by atoms with E-state index < -0.39 is 14.9 Å². The third kappa shape index (κ3) is 3.53. The molecule has 9 heteroatoms. The molecule has 2 aliphatic carbocycles. The van der Waals surface area contributed by atoms with E-state index in [4.69, 9.17) is 0 Å². The summed E-state index contributed by atoms with van der Waals surface area (Å²) in [6.07, 6.45) is 4.29. The van der Waals surface area contributed by atoms with Gasteiger partial charge in [0, 0.05) is 37.2 Å². The number of hydrogen-bond donors (Lipinski definition) is 1. The molecule has 4 rings (SSSR count). The maximum atomic E-state index is 13.1. The molecule has 1 amide bonds. The number of carbonyl (C=O) groups is 1. The number of nitrogens with one attached hydrogen (secondary N) is 1. The van der Waals surface area contributed by atoms with Gasteiger partial charge in [0.25, 0.3) is 5.69 Å². The van der Waals surface area contributed by atoms with Crippen molar-refractivity contribution in [2.75, 3.05) is 13.1 Å². The van der Waals surface area contributed by atoms with Crippen LogP contribution >= 0.6 is 0 Å². The fourth-order valence-electron chi connectivity index (χ4n) is 6.19.